The Kier molecular flexibility index (Phi) is 3.95. The van der Waals surface area contributed by atoms with Gasteiger partial charge in [-0.1, -0.05) is 12.1 Å². The van der Waals surface area contributed by atoms with E-state index in [0.29, 0.717) is 28.1 Å². The maximum atomic E-state index is 12.7. The number of carbonyl (C=O) groups is 3. The lowest BCUT2D eigenvalue weighted by molar-refractivity contribution is 0.0692. The lowest BCUT2D eigenvalue weighted by Crippen LogP contribution is -2.26. The summed E-state index contributed by atoms with van der Waals surface area (Å²) in [5.74, 6) is -0.455. The van der Waals surface area contributed by atoms with Crippen LogP contribution in [-0.2, 0) is 0 Å². The number of carbonyl (C=O) groups excluding carboxylic acids is 3. The largest absolute Gasteiger partial charge is 0.490 e. The number of benzene rings is 2. The van der Waals surface area contributed by atoms with Crippen LogP contribution >= 0.6 is 0 Å². The van der Waals surface area contributed by atoms with Gasteiger partial charge in [0, 0.05) is 12.7 Å². The van der Waals surface area contributed by atoms with E-state index in [-0.39, 0.29) is 23.8 Å². The Morgan fingerprint density at radius 3 is 2.54 bits per heavy atom. The van der Waals surface area contributed by atoms with Crippen molar-refractivity contribution in [2.24, 2.45) is 0 Å². The van der Waals surface area contributed by atoms with Crippen molar-refractivity contribution < 1.29 is 19.1 Å². The second-order valence-electron chi connectivity index (χ2n) is 6.55. The molecule has 132 valence electrons. The first kappa shape index (κ1) is 16.3. The Morgan fingerprint density at radius 1 is 1.08 bits per heavy atom. The molecule has 1 heterocycles. The summed E-state index contributed by atoms with van der Waals surface area (Å²) in [7, 11) is 1.44. The Hall–Kier alpha value is -3.15. The molecule has 2 aromatic rings. The van der Waals surface area contributed by atoms with Gasteiger partial charge < -0.3 is 10.1 Å². The molecule has 0 saturated heterocycles. The number of hydrogen-bond acceptors (Lipinski definition) is 4. The normalized spacial score (nSPS) is 16.3. The van der Waals surface area contributed by atoms with E-state index in [9.17, 15) is 14.4 Å². The molecule has 2 aromatic carbocycles. The number of nitrogens with one attached hydrogen (secondary N) is 1. The standard InChI is InChI=1S/C20H18N2O4/c1-22-19(24)14-10-9-12(11-16(14)20(22)25)21-18(23)15-7-2-3-8-17(15)26-13-5-4-6-13/h2-3,7-11,13H,4-6H2,1H3,(H,21,23). The highest BCUT2D eigenvalue weighted by molar-refractivity contribution is 6.21. The van der Waals surface area contributed by atoms with Crippen LogP contribution in [0.5, 0.6) is 5.75 Å². The minimum Gasteiger partial charge on any atom is -0.490 e. The zero-order chi connectivity index (χ0) is 18.3. The summed E-state index contributed by atoms with van der Waals surface area (Å²) in [6, 6.07) is 11.8. The molecule has 1 aliphatic carbocycles. The maximum Gasteiger partial charge on any atom is 0.261 e. The van der Waals surface area contributed by atoms with E-state index in [0.717, 1.165) is 24.2 Å². The van der Waals surface area contributed by atoms with Gasteiger partial charge in [0.2, 0.25) is 0 Å². The van der Waals surface area contributed by atoms with Crippen molar-refractivity contribution in [2.75, 3.05) is 12.4 Å². The molecule has 2 aliphatic rings. The lowest BCUT2D eigenvalue weighted by atomic mass is 9.96. The number of imide groups is 1. The SMILES string of the molecule is CN1C(=O)c2ccc(NC(=O)c3ccccc3OC3CCC3)cc2C1=O. The average Bonchev–Trinajstić information content (AvgIpc) is 2.83. The van der Waals surface area contributed by atoms with Gasteiger partial charge >= 0.3 is 0 Å². The predicted octanol–water partition coefficient (Wildman–Crippen LogP) is 3.10. The van der Waals surface area contributed by atoms with Gasteiger partial charge in [-0.25, -0.2) is 0 Å². The molecular weight excluding hydrogens is 332 g/mol. The monoisotopic (exact) mass is 350 g/mol. The van der Waals surface area contributed by atoms with Gasteiger partial charge in [-0.3, -0.25) is 19.3 Å². The quantitative estimate of drug-likeness (QED) is 0.860. The highest BCUT2D eigenvalue weighted by Gasteiger charge is 2.33. The number of amides is 3. The van der Waals surface area contributed by atoms with Gasteiger partial charge in [-0.2, -0.15) is 0 Å². The molecule has 0 atom stereocenters. The molecule has 1 fully saturated rings. The Bertz CT molecular complexity index is 918. The number of fused-ring (bicyclic) bond motifs is 1. The predicted molar refractivity (Wildman–Crippen MR) is 95.5 cm³/mol. The zero-order valence-corrected chi connectivity index (χ0v) is 14.3. The van der Waals surface area contributed by atoms with Crippen LogP contribution in [0.1, 0.15) is 50.3 Å². The molecule has 1 saturated carbocycles. The molecular formula is C20H18N2O4. The van der Waals surface area contributed by atoms with Crippen LogP contribution in [0.25, 0.3) is 0 Å². The fraction of sp³-hybridized carbons (Fsp3) is 0.250. The molecule has 6 heteroatoms. The summed E-state index contributed by atoms with van der Waals surface area (Å²) >= 11 is 0. The van der Waals surface area contributed by atoms with Crippen molar-refractivity contribution >= 4 is 23.4 Å². The number of rotatable bonds is 4. The van der Waals surface area contributed by atoms with Crippen LogP contribution in [0.2, 0.25) is 0 Å². The zero-order valence-electron chi connectivity index (χ0n) is 14.3. The minimum absolute atomic E-state index is 0.170. The smallest absolute Gasteiger partial charge is 0.261 e. The third-order valence-electron chi connectivity index (χ3n) is 4.83. The second kappa shape index (κ2) is 6.29. The van der Waals surface area contributed by atoms with Crippen LogP contribution in [0.15, 0.2) is 42.5 Å². The topological polar surface area (TPSA) is 75.7 Å². The number of para-hydroxylation sites is 1. The molecule has 1 aliphatic heterocycles. The van der Waals surface area contributed by atoms with E-state index < -0.39 is 0 Å². The molecule has 0 unspecified atom stereocenters. The van der Waals surface area contributed by atoms with Gasteiger partial charge in [-0.05, 0) is 49.6 Å². The number of ether oxygens (including phenoxy) is 1. The summed E-state index contributed by atoms with van der Waals surface area (Å²) in [5, 5.41) is 2.79. The highest BCUT2D eigenvalue weighted by Crippen LogP contribution is 2.29. The molecule has 6 nitrogen and oxygen atoms in total. The number of anilines is 1. The van der Waals surface area contributed by atoms with Gasteiger partial charge in [0.05, 0.1) is 22.8 Å². The summed E-state index contributed by atoms with van der Waals surface area (Å²) < 4.78 is 5.89. The molecule has 1 N–H and O–H groups in total. The molecule has 0 radical (unpaired) electrons. The van der Waals surface area contributed by atoms with Crippen LogP contribution in [-0.4, -0.2) is 35.8 Å². The van der Waals surface area contributed by atoms with E-state index in [1.807, 2.05) is 6.07 Å². The van der Waals surface area contributed by atoms with Crippen molar-refractivity contribution in [3.05, 3.63) is 59.2 Å². The van der Waals surface area contributed by atoms with Gasteiger partial charge in [0.1, 0.15) is 5.75 Å². The van der Waals surface area contributed by atoms with E-state index in [4.69, 9.17) is 4.74 Å². The van der Waals surface area contributed by atoms with E-state index in [1.54, 1.807) is 30.3 Å². The third kappa shape index (κ3) is 2.73. The maximum absolute atomic E-state index is 12.7. The second-order valence-corrected chi connectivity index (χ2v) is 6.55. The van der Waals surface area contributed by atoms with Gasteiger partial charge in [0.25, 0.3) is 17.7 Å². The van der Waals surface area contributed by atoms with Crippen molar-refractivity contribution in [3.63, 3.8) is 0 Å². The van der Waals surface area contributed by atoms with Crippen molar-refractivity contribution in [1.82, 2.24) is 4.90 Å². The van der Waals surface area contributed by atoms with Crippen molar-refractivity contribution in [3.8, 4) is 5.75 Å². The van der Waals surface area contributed by atoms with Crippen molar-refractivity contribution in [2.45, 2.75) is 25.4 Å². The van der Waals surface area contributed by atoms with E-state index >= 15 is 0 Å². The fourth-order valence-electron chi connectivity index (χ4n) is 3.06. The van der Waals surface area contributed by atoms with Crippen molar-refractivity contribution in [1.29, 1.82) is 0 Å². The average molecular weight is 350 g/mol. The first-order valence-electron chi connectivity index (χ1n) is 8.58. The van der Waals surface area contributed by atoms with Gasteiger partial charge in [0.15, 0.2) is 0 Å². The van der Waals surface area contributed by atoms with E-state index in [1.165, 1.54) is 13.1 Å². The molecule has 0 bridgehead atoms. The molecule has 3 amide bonds. The Morgan fingerprint density at radius 2 is 1.81 bits per heavy atom. The molecule has 26 heavy (non-hydrogen) atoms. The van der Waals surface area contributed by atoms with Gasteiger partial charge in [-0.15, -0.1) is 0 Å². The molecule has 0 spiro atoms. The van der Waals surface area contributed by atoms with Crippen LogP contribution in [0, 0.1) is 0 Å². The first-order valence-corrected chi connectivity index (χ1v) is 8.58. The Labute approximate surface area is 150 Å². The molecule has 4 rings (SSSR count). The minimum atomic E-state index is -0.366. The summed E-state index contributed by atoms with van der Waals surface area (Å²) in [5.41, 5.74) is 1.56. The Balaban J connectivity index is 1.56. The third-order valence-corrected chi connectivity index (χ3v) is 4.83. The van der Waals surface area contributed by atoms with E-state index in [2.05, 4.69) is 5.32 Å². The number of hydrogen-bond donors (Lipinski definition) is 1. The highest BCUT2D eigenvalue weighted by atomic mass is 16.5. The summed E-state index contributed by atoms with van der Waals surface area (Å²) in [6.45, 7) is 0. The summed E-state index contributed by atoms with van der Waals surface area (Å²) in [4.78, 5) is 37.8. The van der Waals surface area contributed by atoms with Crippen LogP contribution in [0.4, 0.5) is 5.69 Å². The fourth-order valence-corrected chi connectivity index (χ4v) is 3.06. The molecule has 0 aromatic heterocycles. The first-order chi connectivity index (χ1) is 12.5. The van der Waals surface area contributed by atoms with Crippen LogP contribution < -0.4 is 10.1 Å². The number of nitrogens with zero attached hydrogens (tertiary/aromatic N) is 1. The lowest BCUT2D eigenvalue weighted by Gasteiger charge is -2.27. The summed E-state index contributed by atoms with van der Waals surface area (Å²) in [6.07, 6.45) is 3.33. The van der Waals surface area contributed by atoms with Crippen LogP contribution in [0.3, 0.4) is 0 Å².